The van der Waals surface area contributed by atoms with Crippen LogP contribution in [0.15, 0.2) is 0 Å². The second-order valence-corrected chi connectivity index (χ2v) is 5.97. The number of carbonyl (C=O) groups is 1. The maximum atomic E-state index is 11.5. The highest BCUT2D eigenvalue weighted by molar-refractivity contribution is 5.75. The van der Waals surface area contributed by atoms with Crippen LogP contribution in [0.1, 0.15) is 90.4 Å². The van der Waals surface area contributed by atoms with E-state index < -0.39 is 0 Å². The van der Waals surface area contributed by atoms with Crippen LogP contribution in [0.4, 0.5) is 0 Å². The molecule has 118 valence electrons. The lowest BCUT2D eigenvalue weighted by Crippen LogP contribution is -2.43. The molecule has 0 spiro atoms. The first kappa shape index (κ1) is 17.5. The maximum Gasteiger partial charge on any atom is 0.246 e. The van der Waals surface area contributed by atoms with Gasteiger partial charge in [0.1, 0.15) is 0 Å². The van der Waals surface area contributed by atoms with Crippen LogP contribution in [0.3, 0.4) is 0 Å². The van der Waals surface area contributed by atoms with Crippen LogP contribution in [0.5, 0.6) is 0 Å². The summed E-state index contributed by atoms with van der Waals surface area (Å²) in [5.41, 5.74) is 0. The van der Waals surface area contributed by atoms with Crippen molar-refractivity contribution < 1.29 is 9.63 Å². The molecular weight excluding hydrogens is 250 g/mol. The summed E-state index contributed by atoms with van der Waals surface area (Å²) in [5, 5.41) is 1.50. The SMILES string of the molecule is CCCCCCCCCCCCCCC(=O)N1CCO1. The maximum absolute atomic E-state index is 11.5. The highest BCUT2D eigenvalue weighted by Gasteiger charge is 2.20. The number of rotatable bonds is 13. The summed E-state index contributed by atoms with van der Waals surface area (Å²) in [5.74, 6) is 0.170. The molecule has 20 heavy (non-hydrogen) atoms. The predicted molar refractivity (Wildman–Crippen MR) is 83.4 cm³/mol. The Hall–Kier alpha value is -0.570. The lowest BCUT2D eigenvalue weighted by Gasteiger charge is -2.29. The number of hydrogen-bond acceptors (Lipinski definition) is 2. The number of hydrogen-bond donors (Lipinski definition) is 0. The molecule has 0 aromatic carbocycles. The fourth-order valence-corrected chi connectivity index (χ4v) is 2.62. The molecule has 0 saturated carbocycles. The van der Waals surface area contributed by atoms with Crippen molar-refractivity contribution in [1.29, 1.82) is 0 Å². The third-order valence-electron chi connectivity index (χ3n) is 4.06. The van der Waals surface area contributed by atoms with Crippen LogP contribution in [-0.2, 0) is 9.63 Å². The van der Waals surface area contributed by atoms with E-state index in [1.165, 1.54) is 75.7 Å². The second kappa shape index (κ2) is 12.2. The normalized spacial score (nSPS) is 14.3. The van der Waals surface area contributed by atoms with Gasteiger partial charge in [0.25, 0.3) is 0 Å². The van der Waals surface area contributed by atoms with Gasteiger partial charge < -0.3 is 0 Å². The van der Waals surface area contributed by atoms with Gasteiger partial charge in [0.15, 0.2) is 0 Å². The fourth-order valence-electron chi connectivity index (χ4n) is 2.62. The lowest BCUT2D eigenvalue weighted by atomic mass is 10.0. The van der Waals surface area contributed by atoms with Gasteiger partial charge in [0, 0.05) is 6.42 Å². The van der Waals surface area contributed by atoms with Gasteiger partial charge in [-0.2, -0.15) is 0 Å². The van der Waals surface area contributed by atoms with E-state index >= 15 is 0 Å². The molecule has 1 fully saturated rings. The Morgan fingerprint density at radius 3 is 1.70 bits per heavy atom. The largest absolute Gasteiger partial charge is 0.273 e. The molecule has 1 saturated heterocycles. The van der Waals surface area contributed by atoms with Crippen LogP contribution in [0.25, 0.3) is 0 Å². The van der Waals surface area contributed by atoms with Crippen molar-refractivity contribution in [3.63, 3.8) is 0 Å². The van der Waals surface area contributed by atoms with Crippen LogP contribution < -0.4 is 0 Å². The molecule has 0 unspecified atom stereocenters. The lowest BCUT2D eigenvalue weighted by molar-refractivity contribution is -0.239. The van der Waals surface area contributed by atoms with E-state index in [2.05, 4.69) is 6.92 Å². The molecule has 0 aromatic heterocycles. The van der Waals surface area contributed by atoms with Gasteiger partial charge in [0.05, 0.1) is 13.2 Å². The third kappa shape index (κ3) is 8.57. The molecule has 0 aliphatic carbocycles. The Morgan fingerprint density at radius 2 is 1.30 bits per heavy atom. The van der Waals surface area contributed by atoms with E-state index in [0.29, 0.717) is 13.0 Å². The number of unbranched alkanes of at least 4 members (excludes halogenated alkanes) is 11. The number of nitrogens with zero attached hydrogens (tertiary/aromatic N) is 1. The summed E-state index contributed by atoms with van der Waals surface area (Å²) in [6.07, 6.45) is 16.7. The average molecular weight is 283 g/mol. The summed E-state index contributed by atoms with van der Waals surface area (Å²) >= 11 is 0. The molecule has 3 heteroatoms. The molecule has 0 aromatic rings. The van der Waals surface area contributed by atoms with Crippen LogP contribution in [0.2, 0.25) is 0 Å². The molecule has 1 aliphatic rings. The minimum atomic E-state index is 0.170. The Labute approximate surface area is 125 Å². The average Bonchev–Trinajstić information content (AvgIpc) is 2.38. The fraction of sp³-hybridized carbons (Fsp3) is 0.941. The molecule has 0 N–H and O–H groups in total. The molecule has 1 aliphatic heterocycles. The highest BCUT2D eigenvalue weighted by Crippen LogP contribution is 2.13. The van der Waals surface area contributed by atoms with Gasteiger partial charge >= 0.3 is 0 Å². The molecule has 0 radical (unpaired) electrons. The topological polar surface area (TPSA) is 29.5 Å². The van der Waals surface area contributed by atoms with Crippen LogP contribution in [-0.4, -0.2) is 24.1 Å². The summed E-state index contributed by atoms with van der Waals surface area (Å²) in [6.45, 7) is 3.77. The first-order chi connectivity index (χ1) is 9.84. The predicted octanol–water partition coefficient (Wildman–Crippen LogP) is 4.85. The van der Waals surface area contributed by atoms with Gasteiger partial charge in [-0.1, -0.05) is 77.6 Å². The number of hydroxylamine groups is 2. The quantitative estimate of drug-likeness (QED) is 0.452. The van der Waals surface area contributed by atoms with E-state index in [-0.39, 0.29) is 5.91 Å². The molecule has 0 bridgehead atoms. The molecule has 1 heterocycles. The van der Waals surface area contributed by atoms with Crippen LogP contribution in [0, 0.1) is 0 Å². The van der Waals surface area contributed by atoms with Gasteiger partial charge in [-0.15, -0.1) is 0 Å². The van der Waals surface area contributed by atoms with Crippen molar-refractivity contribution in [1.82, 2.24) is 5.06 Å². The number of carbonyl (C=O) groups excluding carboxylic acids is 1. The van der Waals surface area contributed by atoms with Crippen molar-refractivity contribution >= 4 is 5.91 Å². The van der Waals surface area contributed by atoms with Gasteiger partial charge in [-0.3, -0.25) is 9.63 Å². The smallest absolute Gasteiger partial charge is 0.246 e. The molecular formula is C17H33NO2. The Bertz CT molecular complexity index is 239. The summed E-state index contributed by atoms with van der Waals surface area (Å²) in [6, 6.07) is 0. The second-order valence-electron chi connectivity index (χ2n) is 5.97. The van der Waals surface area contributed by atoms with E-state index in [4.69, 9.17) is 4.84 Å². The van der Waals surface area contributed by atoms with Crippen molar-refractivity contribution in [3.8, 4) is 0 Å². The zero-order chi connectivity index (χ0) is 14.5. The highest BCUT2D eigenvalue weighted by atomic mass is 16.7. The minimum absolute atomic E-state index is 0.170. The first-order valence-corrected chi connectivity index (χ1v) is 8.78. The molecule has 0 atom stereocenters. The molecule has 1 amide bonds. The van der Waals surface area contributed by atoms with Crippen LogP contribution >= 0.6 is 0 Å². The Kier molecular flexibility index (Phi) is 10.7. The molecule has 1 rings (SSSR count). The summed E-state index contributed by atoms with van der Waals surface area (Å²) < 4.78 is 0. The summed E-state index contributed by atoms with van der Waals surface area (Å²) in [7, 11) is 0. The zero-order valence-electron chi connectivity index (χ0n) is 13.4. The minimum Gasteiger partial charge on any atom is -0.273 e. The van der Waals surface area contributed by atoms with Gasteiger partial charge in [-0.05, 0) is 6.42 Å². The van der Waals surface area contributed by atoms with E-state index in [1.54, 1.807) is 0 Å². The van der Waals surface area contributed by atoms with Gasteiger partial charge in [-0.25, -0.2) is 5.06 Å². The Balaban J connectivity index is 1.71. The zero-order valence-corrected chi connectivity index (χ0v) is 13.4. The van der Waals surface area contributed by atoms with E-state index in [0.717, 1.165) is 13.0 Å². The standard InChI is InChI=1S/C17H33NO2/c1-2-3-4-5-6-7-8-9-10-11-12-13-14-17(19)18-15-16-20-18/h2-16H2,1H3. The summed E-state index contributed by atoms with van der Waals surface area (Å²) in [4.78, 5) is 16.5. The van der Waals surface area contributed by atoms with E-state index in [9.17, 15) is 4.79 Å². The van der Waals surface area contributed by atoms with Gasteiger partial charge in [0.2, 0.25) is 5.91 Å². The third-order valence-corrected chi connectivity index (χ3v) is 4.06. The van der Waals surface area contributed by atoms with Crippen molar-refractivity contribution in [3.05, 3.63) is 0 Å². The molecule has 3 nitrogen and oxygen atoms in total. The van der Waals surface area contributed by atoms with Crippen molar-refractivity contribution in [2.24, 2.45) is 0 Å². The Morgan fingerprint density at radius 1 is 0.850 bits per heavy atom. The monoisotopic (exact) mass is 283 g/mol. The van der Waals surface area contributed by atoms with E-state index in [1.807, 2.05) is 0 Å². The number of amides is 1. The first-order valence-electron chi connectivity index (χ1n) is 8.78. The van der Waals surface area contributed by atoms with Crippen molar-refractivity contribution in [2.45, 2.75) is 90.4 Å². The van der Waals surface area contributed by atoms with Crippen molar-refractivity contribution in [2.75, 3.05) is 13.2 Å².